The number of nitrogens with zero attached hydrogens (tertiary/aromatic N) is 1. The second-order valence-corrected chi connectivity index (χ2v) is 6.39. The van der Waals surface area contributed by atoms with Crippen molar-refractivity contribution in [1.29, 1.82) is 0 Å². The van der Waals surface area contributed by atoms with Gasteiger partial charge in [-0.25, -0.2) is 0 Å². The molecule has 0 bridgehead atoms. The standard InChI is InChI=1S/C18H32N2O/c1-6-16(4)20(5)13-12-18(14-21,19-15(2)3)17-10-8-7-9-11-17/h7-11,15-16,19,21H,6,12-14H2,1-5H3. The first kappa shape index (κ1) is 18.1. The van der Waals surface area contributed by atoms with Gasteiger partial charge in [-0.1, -0.05) is 37.3 Å². The highest BCUT2D eigenvalue weighted by Crippen LogP contribution is 2.26. The topological polar surface area (TPSA) is 35.5 Å². The lowest BCUT2D eigenvalue weighted by molar-refractivity contribution is 0.120. The van der Waals surface area contributed by atoms with Crippen molar-refractivity contribution in [2.75, 3.05) is 20.2 Å². The number of aliphatic hydroxyl groups excluding tert-OH is 1. The molecule has 1 rings (SSSR count). The van der Waals surface area contributed by atoms with Crippen LogP contribution in [-0.2, 0) is 5.54 Å². The van der Waals surface area contributed by atoms with Crippen molar-refractivity contribution in [3.05, 3.63) is 35.9 Å². The van der Waals surface area contributed by atoms with E-state index in [1.807, 2.05) is 18.2 Å². The Hall–Kier alpha value is -0.900. The summed E-state index contributed by atoms with van der Waals surface area (Å²) in [5.41, 5.74) is 0.802. The summed E-state index contributed by atoms with van der Waals surface area (Å²) in [5, 5.41) is 13.7. The van der Waals surface area contributed by atoms with Crippen LogP contribution in [0.4, 0.5) is 0 Å². The molecule has 1 aromatic carbocycles. The summed E-state index contributed by atoms with van der Waals surface area (Å²) in [6.07, 6.45) is 2.04. The van der Waals surface area contributed by atoms with Gasteiger partial charge < -0.3 is 15.3 Å². The molecule has 0 aliphatic rings. The Morgan fingerprint density at radius 2 is 1.81 bits per heavy atom. The second-order valence-electron chi connectivity index (χ2n) is 6.39. The molecule has 120 valence electrons. The minimum atomic E-state index is -0.364. The first-order valence-electron chi connectivity index (χ1n) is 8.09. The van der Waals surface area contributed by atoms with E-state index in [-0.39, 0.29) is 12.1 Å². The van der Waals surface area contributed by atoms with Crippen LogP contribution in [0.3, 0.4) is 0 Å². The highest BCUT2D eigenvalue weighted by atomic mass is 16.3. The summed E-state index contributed by atoms with van der Waals surface area (Å²) in [4.78, 5) is 2.37. The van der Waals surface area contributed by atoms with Crippen molar-refractivity contribution < 1.29 is 5.11 Å². The monoisotopic (exact) mass is 292 g/mol. The molecule has 0 fully saturated rings. The summed E-state index contributed by atoms with van der Waals surface area (Å²) >= 11 is 0. The van der Waals surface area contributed by atoms with E-state index in [0.29, 0.717) is 12.1 Å². The van der Waals surface area contributed by atoms with E-state index in [1.165, 1.54) is 5.56 Å². The fourth-order valence-corrected chi connectivity index (χ4v) is 2.72. The smallest absolute Gasteiger partial charge is 0.0683 e. The van der Waals surface area contributed by atoms with Crippen LogP contribution in [0.2, 0.25) is 0 Å². The molecule has 0 heterocycles. The normalized spacial score (nSPS) is 16.2. The minimum absolute atomic E-state index is 0.115. The molecule has 0 radical (unpaired) electrons. The van der Waals surface area contributed by atoms with Crippen molar-refractivity contribution in [2.24, 2.45) is 0 Å². The van der Waals surface area contributed by atoms with Crippen LogP contribution in [0, 0.1) is 0 Å². The Balaban J connectivity index is 2.91. The molecule has 0 spiro atoms. The van der Waals surface area contributed by atoms with Gasteiger partial charge in [0, 0.05) is 18.6 Å². The molecule has 0 aliphatic heterocycles. The van der Waals surface area contributed by atoms with Gasteiger partial charge in [0.2, 0.25) is 0 Å². The fraction of sp³-hybridized carbons (Fsp3) is 0.667. The van der Waals surface area contributed by atoms with Gasteiger partial charge in [0.15, 0.2) is 0 Å². The third-order valence-electron chi connectivity index (χ3n) is 4.40. The summed E-state index contributed by atoms with van der Waals surface area (Å²) in [6, 6.07) is 11.2. The van der Waals surface area contributed by atoms with Crippen LogP contribution < -0.4 is 5.32 Å². The van der Waals surface area contributed by atoms with E-state index in [2.05, 4.69) is 57.1 Å². The van der Waals surface area contributed by atoms with E-state index in [4.69, 9.17) is 0 Å². The Bertz CT molecular complexity index is 393. The first-order chi connectivity index (χ1) is 9.95. The van der Waals surface area contributed by atoms with Gasteiger partial charge in [-0.05, 0) is 46.2 Å². The molecule has 0 saturated carbocycles. The van der Waals surface area contributed by atoms with Gasteiger partial charge in [0.1, 0.15) is 0 Å². The molecular weight excluding hydrogens is 260 g/mol. The fourth-order valence-electron chi connectivity index (χ4n) is 2.72. The zero-order valence-electron chi connectivity index (χ0n) is 14.3. The average molecular weight is 292 g/mol. The van der Waals surface area contributed by atoms with Crippen molar-refractivity contribution in [3.8, 4) is 0 Å². The molecule has 0 aliphatic carbocycles. The number of aliphatic hydroxyl groups is 1. The summed E-state index contributed by atoms with van der Waals surface area (Å²) in [6.45, 7) is 9.80. The van der Waals surface area contributed by atoms with E-state index >= 15 is 0 Å². The maximum absolute atomic E-state index is 10.1. The van der Waals surface area contributed by atoms with Gasteiger partial charge in [-0.15, -0.1) is 0 Å². The van der Waals surface area contributed by atoms with Crippen LogP contribution >= 0.6 is 0 Å². The Morgan fingerprint density at radius 3 is 2.29 bits per heavy atom. The Kier molecular flexibility index (Phi) is 7.36. The molecule has 1 aromatic rings. The molecule has 21 heavy (non-hydrogen) atoms. The molecule has 0 aromatic heterocycles. The van der Waals surface area contributed by atoms with E-state index in [9.17, 15) is 5.11 Å². The molecule has 0 saturated heterocycles. The van der Waals surface area contributed by atoms with E-state index in [0.717, 1.165) is 19.4 Å². The maximum atomic E-state index is 10.1. The maximum Gasteiger partial charge on any atom is 0.0683 e. The number of rotatable bonds is 9. The number of hydrogen-bond donors (Lipinski definition) is 2. The third-order valence-corrected chi connectivity index (χ3v) is 4.40. The van der Waals surface area contributed by atoms with Gasteiger partial charge in [-0.3, -0.25) is 0 Å². The van der Waals surface area contributed by atoms with Crippen LogP contribution in [0.1, 0.15) is 46.1 Å². The second kappa shape index (κ2) is 8.52. The van der Waals surface area contributed by atoms with Crippen molar-refractivity contribution in [2.45, 2.75) is 58.2 Å². The first-order valence-corrected chi connectivity index (χ1v) is 8.09. The van der Waals surface area contributed by atoms with E-state index < -0.39 is 0 Å². The predicted molar refractivity (Wildman–Crippen MR) is 90.5 cm³/mol. The van der Waals surface area contributed by atoms with Gasteiger partial charge >= 0.3 is 0 Å². The largest absolute Gasteiger partial charge is 0.394 e. The highest BCUT2D eigenvalue weighted by Gasteiger charge is 2.32. The van der Waals surface area contributed by atoms with Crippen LogP contribution in [0.5, 0.6) is 0 Å². The quantitative estimate of drug-likeness (QED) is 0.734. The Labute approximate surface area is 130 Å². The summed E-state index contributed by atoms with van der Waals surface area (Å²) in [5.74, 6) is 0. The van der Waals surface area contributed by atoms with Crippen LogP contribution in [-0.4, -0.2) is 42.3 Å². The average Bonchev–Trinajstić information content (AvgIpc) is 2.50. The lowest BCUT2D eigenvalue weighted by Crippen LogP contribution is -2.51. The van der Waals surface area contributed by atoms with Crippen molar-refractivity contribution >= 4 is 0 Å². The van der Waals surface area contributed by atoms with Crippen molar-refractivity contribution in [3.63, 3.8) is 0 Å². The van der Waals surface area contributed by atoms with Gasteiger partial charge in [0.05, 0.1) is 12.1 Å². The summed E-state index contributed by atoms with van der Waals surface area (Å²) < 4.78 is 0. The molecular formula is C18H32N2O. The molecule has 2 atom stereocenters. The molecule has 0 amide bonds. The number of benzene rings is 1. The molecule has 3 heteroatoms. The molecule has 2 N–H and O–H groups in total. The molecule has 2 unspecified atom stereocenters. The molecule has 3 nitrogen and oxygen atoms in total. The number of nitrogens with one attached hydrogen (secondary N) is 1. The summed E-state index contributed by atoms with van der Waals surface area (Å²) in [7, 11) is 2.16. The Morgan fingerprint density at radius 1 is 1.19 bits per heavy atom. The lowest BCUT2D eigenvalue weighted by Gasteiger charge is -2.38. The van der Waals surface area contributed by atoms with Crippen molar-refractivity contribution in [1.82, 2.24) is 10.2 Å². The zero-order chi connectivity index (χ0) is 15.9. The highest BCUT2D eigenvalue weighted by molar-refractivity contribution is 5.25. The van der Waals surface area contributed by atoms with E-state index in [1.54, 1.807) is 0 Å². The van der Waals surface area contributed by atoms with Gasteiger partial charge in [-0.2, -0.15) is 0 Å². The lowest BCUT2D eigenvalue weighted by atomic mass is 9.86. The zero-order valence-corrected chi connectivity index (χ0v) is 14.3. The minimum Gasteiger partial charge on any atom is -0.394 e. The predicted octanol–water partition coefficient (Wildman–Crippen LogP) is 2.99. The SMILES string of the molecule is CCC(C)N(C)CCC(CO)(NC(C)C)c1ccccc1. The van der Waals surface area contributed by atoms with Crippen LogP contribution in [0.15, 0.2) is 30.3 Å². The number of hydrogen-bond acceptors (Lipinski definition) is 3. The third kappa shape index (κ3) is 5.10. The van der Waals surface area contributed by atoms with Gasteiger partial charge in [0.25, 0.3) is 0 Å². The van der Waals surface area contributed by atoms with Crippen LogP contribution in [0.25, 0.3) is 0 Å².